The largest absolute Gasteiger partial charge is 0.394 e. The monoisotopic (exact) mass is 204 g/mol. The second-order valence-electron chi connectivity index (χ2n) is 4.61. The summed E-state index contributed by atoms with van der Waals surface area (Å²) in [5.41, 5.74) is 3.67. The van der Waals surface area contributed by atoms with Crippen LogP contribution in [0.15, 0.2) is 0 Å². The fourth-order valence-electron chi connectivity index (χ4n) is 1.56. The zero-order valence-electron chi connectivity index (χ0n) is 9.24. The molecule has 0 bridgehead atoms. The van der Waals surface area contributed by atoms with Gasteiger partial charge in [0, 0.05) is 0 Å². The minimum absolute atomic E-state index is 0.209. The van der Waals surface area contributed by atoms with Crippen molar-refractivity contribution in [2.45, 2.75) is 38.8 Å². The van der Waals surface area contributed by atoms with Crippen molar-refractivity contribution in [1.82, 2.24) is 4.90 Å². The second-order valence-corrected chi connectivity index (χ2v) is 4.61. The molecular formula is C9H20N2O3. The molecular weight excluding hydrogens is 184 g/mol. The SMILES string of the molecule is CC(C)(CO)N(C(N)=O)C(C)(C)CO. The third-order valence-electron chi connectivity index (χ3n) is 2.20. The topological polar surface area (TPSA) is 86.8 Å². The third kappa shape index (κ3) is 2.59. The van der Waals surface area contributed by atoms with Gasteiger partial charge in [0.25, 0.3) is 0 Å². The molecule has 5 nitrogen and oxygen atoms in total. The van der Waals surface area contributed by atoms with Gasteiger partial charge in [-0.15, -0.1) is 0 Å². The molecule has 0 aromatic rings. The molecule has 0 spiro atoms. The van der Waals surface area contributed by atoms with Gasteiger partial charge in [-0.1, -0.05) is 0 Å². The lowest BCUT2D eigenvalue weighted by atomic mass is 9.95. The Morgan fingerprint density at radius 1 is 1.14 bits per heavy atom. The van der Waals surface area contributed by atoms with Crippen LogP contribution in [0.2, 0.25) is 0 Å². The summed E-state index contributed by atoms with van der Waals surface area (Å²) < 4.78 is 0. The number of amides is 2. The highest BCUT2D eigenvalue weighted by Gasteiger charge is 2.39. The highest BCUT2D eigenvalue weighted by molar-refractivity contribution is 5.74. The molecule has 0 aliphatic heterocycles. The summed E-state index contributed by atoms with van der Waals surface area (Å²) in [5.74, 6) is 0. The predicted molar refractivity (Wildman–Crippen MR) is 53.8 cm³/mol. The Labute approximate surface area is 84.5 Å². The number of primary amides is 1. The summed E-state index contributed by atoms with van der Waals surface area (Å²) in [6.45, 7) is 6.34. The molecule has 0 aliphatic carbocycles. The van der Waals surface area contributed by atoms with Crippen molar-refractivity contribution in [1.29, 1.82) is 0 Å². The number of nitrogens with zero attached hydrogens (tertiary/aromatic N) is 1. The lowest BCUT2D eigenvalue weighted by Gasteiger charge is -2.46. The number of urea groups is 1. The van der Waals surface area contributed by atoms with Gasteiger partial charge in [-0.2, -0.15) is 0 Å². The van der Waals surface area contributed by atoms with Crippen molar-refractivity contribution in [3.05, 3.63) is 0 Å². The van der Waals surface area contributed by atoms with Crippen LogP contribution in [0.5, 0.6) is 0 Å². The van der Waals surface area contributed by atoms with Crippen LogP contribution in [0.3, 0.4) is 0 Å². The lowest BCUT2D eigenvalue weighted by molar-refractivity contribution is -0.00481. The summed E-state index contributed by atoms with van der Waals surface area (Å²) in [6, 6.07) is -0.650. The average molecular weight is 204 g/mol. The molecule has 0 fully saturated rings. The lowest BCUT2D eigenvalue weighted by Crippen LogP contribution is -2.62. The maximum absolute atomic E-state index is 11.2. The Kier molecular flexibility index (Phi) is 3.91. The number of aliphatic hydroxyl groups is 2. The number of nitrogens with two attached hydrogens (primary N) is 1. The molecule has 0 aliphatic rings. The molecule has 0 saturated heterocycles. The van der Waals surface area contributed by atoms with Gasteiger partial charge in [-0.05, 0) is 27.7 Å². The Morgan fingerprint density at radius 3 is 1.57 bits per heavy atom. The van der Waals surface area contributed by atoms with Gasteiger partial charge in [0.05, 0.1) is 24.3 Å². The van der Waals surface area contributed by atoms with E-state index in [1.54, 1.807) is 27.7 Å². The van der Waals surface area contributed by atoms with Crippen LogP contribution in [-0.4, -0.2) is 45.4 Å². The Morgan fingerprint density at radius 2 is 1.43 bits per heavy atom. The molecule has 0 rings (SSSR count). The van der Waals surface area contributed by atoms with Crippen molar-refractivity contribution in [2.75, 3.05) is 13.2 Å². The second kappa shape index (κ2) is 4.14. The Balaban J connectivity index is 5.06. The van der Waals surface area contributed by atoms with Crippen LogP contribution in [-0.2, 0) is 0 Å². The first kappa shape index (κ1) is 13.2. The number of aliphatic hydroxyl groups excluding tert-OH is 2. The highest BCUT2D eigenvalue weighted by Crippen LogP contribution is 2.24. The highest BCUT2D eigenvalue weighted by atomic mass is 16.3. The van der Waals surface area contributed by atoms with Crippen LogP contribution in [0.1, 0.15) is 27.7 Å². The van der Waals surface area contributed by atoms with Gasteiger partial charge in [0.2, 0.25) is 0 Å². The molecule has 0 heterocycles. The van der Waals surface area contributed by atoms with Gasteiger partial charge in [-0.3, -0.25) is 0 Å². The van der Waals surface area contributed by atoms with Crippen LogP contribution in [0.25, 0.3) is 0 Å². The van der Waals surface area contributed by atoms with E-state index in [9.17, 15) is 4.79 Å². The minimum Gasteiger partial charge on any atom is -0.394 e. The summed E-state index contributed by atoms with van der Waals surface area (Å²) in [7, 11) is 0. The van der Waals surface area contributed by atoms with Gasteiger partial charge in [-0.25, -0.2) is 4.79 Å². The number of rotatable bonds is 4. The van der Waals surface area contributed by atoms with Gasteiger partial charge < -0.3 is 20.8 Å². The normalized spacial score (nSPS) is 12.7. The van der Waals surface area contributed by atoms with Crippen molar-refractivity contribution < 1.29 is 15.0 Å². The van der Waals surface area contributed by atoms with Crippen LogP contribution >= 0.6 is 0 Å². The molecule has 0 atom stereocenters. The van der Waals surface area contributed by atoms with E-state index in [0.29, 0.717) is 0 Å². The Hall–Kier alpha value is -0.810. The first-order chi connectivity index (χ1) is 6.19. The smallest absolute Gasteiger partial charge is 0.315 e. The average Bonchev–Trinajstić information content (AvgIpc) is 2.02. The van der Waals surface area contributed by atoms with E-state index < -0.39 is 17.1 Å². The molecule has 0 aromatic carbocycles. The van der Waals surface area contributed by atoms with Gasteiger partial charge in [0.1, 0.15) is 0 Å². The molecule has 84 valence electrons. The van der Waals surface area contributed by atoms with E-state index in [1.807, 2.05) is 0 Å². The molecule has 5 heteroatoms. The van der Waals surface area contributed by atoms with E-state index in [4.69, 9.17) is 15.9 Å². The van der Waals surface area contributed by atoms with Crippen molar-refractivity contribution in [2.24, 2.45) is 5.73 Å². The Bertz CT molecular complexity index is 198. The predicted octanol–water partition coefficient (Wildman–Crippen LogP) is -0.0911. The minimum atomic E-state index is -0.780. The molecule has 4 N–H and O–H groups in total. The summed E-state index contributed by atoms with van der Waals surface area (Å²) in [5, 5.41) is 18.3. The van der Waals surface area contributed by atoms with Gasteiger partial charge >= 0.3 is 6.03 Å². The standard InChI is InChI=1S/C9H20N2O3/c1-8(2,5-12)11(7(10)14)9(3,4)6-13/h12-13H,5-6H2,1-4H3,(H2,10,14). The zero-order valence-corrected chi connectivity index (χ0v) is 9.24. The molecule has 14 heavy (non-hydrogen) atoms. The van der Waals surface area contributed by atoms with Crippen molar-refractivity contribution in [3.8, 4) is 0 Å². The van der Waals surface area contributed by atoms with Crippen molar-refractivity contribution in [3.63, 3.8) is 0 Å². The van der Waals surface area contributed by atoms with Crippen LogP contribution in [0, 0.1) is 0 Å². The maximum atomic E-state index is 11.2. The first-order valence-electron chi connectivity index (χ1n) is 4.50. The van der Waals surface area contributed by atoms with Crippen LogP contribution in [0.4, 0.5) is 4.79 Å². The van der Waals surface area contributed by atoms with E-state index >= 15 is 0 Å². The summed E-state index contributed by atoms with van der Waals surface area (Å²) in [6.07, 6.45) is 0. The zero-order chi connectivity index (χ0) is 11.6. The van der Waals surface area contributed by atoms with E-state index in [2.05, 4.69) is 0 Å². The fourth-order valence-corrected chi connectivity index (χ4v) is 1.56. The molecule has 0 unspecified atom stereocenters. The fraction of sp³-hybridized carbons (Fsp3) is 0.889. The summed E-state index contributed by atoms with van der Waals surface area (Å²) >= 11 is 0. The quantitative estimate of drug-likeness (QED) is 0.598. The summed E-state index contributed by atoms with van der Waals surface area (Å²) in [4.78, 5) is 12.5. The van der Waals surface area contributed by atoms with Gasteiger partial charge in [0.15, 0.2) is 0 Å². The first-order valence-corrected chi connectivity index (χ1v) is 4.50. The molecule has 2 amide bonds. The number of carbonyl (C=O) groups excluding carboxylic acids is 1. The maximum Gasteiger partial charge on any atom is 0.315 e. The molecule has 0 saturated carbocycles. The van der Waals surface area contributed by atoms with Crippen LogP contribution < -0.4 is 5.73 Å². The molecule has 0 aromatic heterocycles. The van der Waals surface area contributed by atoms with Crippen molar-refractivity contribution >= 4 is 6.03 Å². The van der Waals surface area contributed by atoms with E-state index in [-0.39, 0.29) is 13.2 Å². The number of hydrogen-bond donors (Lipinski definition) is 3. The van der Waals surface area contributed by atoms with E-state index in [1.165, 1.54) is 4.90 Å². The number of carbonyl (C=O) groups is 1. The number of hydrogen-bond acceptors (Lipinski definition) is 3. The molecule has 0 radical (unpaired) electrons. The van der Waals surface area contributed by atoms with E-state index in [0.717, 1.165) is 0 Å². The third-order valence-corrected chi connectivity index (χ3v) is 2.20.